The Morgan fingerprint density at radius 3 is 1.57 bits per heavy atom. The fraction of sp³-hybridized carbons (Fsp3) is 0.895. The smallest absolute Gasteiger partial charge is 0.676 e. The summed E-state index contributed by atoms with van der Waals surface area (Å²) in [7, 11) is 0. The van der Waals surface area contributed by atoms with Crippen molar-refractivity contribution in [1.29, 1.82) is 0 Å². The van der Waals surface area contributed by atoms with E-state index in [9.17, 15) is 19.8 Å². The molecule has 168 valence electrons. The van der Waals surface area contributed by atoms with Crippen LogP contribution in [0.15, 0.2) is 0 Å². The molecular weight excluding hydrogens is 547 g/mol. The van der Waals surface area contributed by atoms with E-state index < -0.39 is 11.9 Å². The van der Waals surface area contributed by atoms with Crippen molar-refractivity contribution in [2.45, 2.75) is 97.6 Å². The first kappa shape index (κ1) is 32.1. The first-order chi connectivity index (χ1) is 12.5. The third kappa shape index (κ3) is 25.5. The van der Waals surface area contributed by atoms with Crippen molar-refractivity contribution in [3.63, 3.8) is 0 Å². The van der Waals surface area contributed by atoms with Gasteiger partial charge in [-0.1, -0.05) is 39.5 Å². The minimum absolute atomic E-state index is 0. The molecule has 1 aliphatic rings. The Morgan fingerprint density at radius 2 is 1.32 bits per heavy atom. The number of carboxylic acid groups (broad SMARTS) is 2. The Balaban J connectivity index is -0.000000337. The van der Waals surface area contributed by atoms with Gasteiger partial charge < -0.3 is 40.3 Å². The average molecular weight is 584 g/mol. The Morgan fingerprint density at radius 1 is 0.929 bits per heavy atom. The number of carbonyl (C=O) groups is 2. The van der Waals surface area contributed by atoms with Gasteiger partial charge in [-0.15, -0.1) is 6.04 Å². The van der Waals surface area contributed by atoms with Gasteiger partial charge in [0.25, 0.3) is 0 Å². The normalized spacial score (nSPS) is 18.5. The number of carboxylic acids is 2. The van der Waals surface area contributed by atoms with Gasteiger partial charge >= 0.3 is 21.1 Å². The Bertz CT molecular complexity index is 373. The molecule has 8 nitrogen and oxygen atoms in total. The van der Waals surface area contributed by atoms with E-state index in [1.54, 1.807) is 27.7 Å². The Hall–Kier alpha value is -0.532. The second-order valence-electron chi connectivity index (χ2n) is 7.16. The zero-order valence-electron chi connectivity index (χ0n) is 17.8. The molecule has 2 atom stereocenters. The molecule has 0 aromatic carbocycles. The molecule has 0 unspecified atom stereocenters. The topological polar surface area (TPSA) is 137 Å². The van der Waals surface area contributed by atoms with Crippen LogP contribution in [0.4, 0.5) is 0 Å². The molecule has 0 heterocycles. The molecule has 1 saturated carbocycles. The number of rotatable bonds is 8. The number of ether oxygens (including phenoxy) is 2. The van der Waals surface area contributed by atoms with Gasteiger partial charge in [0.2, 0.25) is 0 Å². The van der Waals surface area contributed by atoms with E-state index in [0.717, 1.165) is 12.8 Å². The molecule has 9 heteroatoms. The summed E-state index contributed by atoms with van der Waals surface area (Å²) in [5.74, 6) is -2.34. The molecule has 1 aliphatic carbocycles. The van der Waals surface area contributed by atoms with Crippen molar-refractivity contribution in [2.75, 3.05) is 13.2 Å². The van der Waals surface area contributed by atoms with Gasteiger partial charge in [-0.3, -0.25) is 0 Å². The van der Waals surface area contributed by atoms with Crippen molar-refractivity contribution in [1.82, 2.24) is 0 Å². The molecule has 0 bridgehead atoms. The second-order valence-corrected chi connectivity index (χ2v) is 7.16. The largest absolute Gasteiger partial charge is 4.00 e. The van der Waals surface area contributed by atoms with Crippen molar-refractivity contribution in [3.8, 4) is 0 Å². The maximum absolute atomic E-state index is 9.67. The third-order valence-corrected chi connectivity index (χ3v) is 3.29. The molecule has 0 aliphatic heterocycles. The first-order valence-corrected chi connectivity index (χ1v) is 9.49. The average Bonchev–Trinajstić information content (AvgIpc) is 2.54. The maximum atomic E-state index is 9.67. The summed E-state index contributed by atoms with van der Waals surface area (Å²) in [6.07, 6.45) is 4.64. The number of nitrogens with one attached hydrogen (secondary N) is 1. The summed E-state index contributed by atoms with van der Waals surface area (Å²) >= 11 is 0. The van der Waals surface area contributed by atoms with Crippen LogP contribution in [-0.4, -0.2) is 55.5 Å². The molecule has 0 aromatic heterocycles. The molecular formula is C19H36N2O6Pt. The molecule has 0 saturated heterocycles. The predicted molar refractivity (Wildman–Crippen MR) is 101 cm³/mol. The van der Waals surface area contributed by atoms with Gasteiger partial charge in [0.1, 0.15) is 0 Å². The van der Waals surface area contributed by atoms with Gasteiger partial charge in [0, 0.05) is 0 Å². The van der Waals surface area contributed by atoms with Crippen molar-refractivity contribution in [3.05, 3.63) is 11.1 Å². The van der Waals surface area contributed by atoms with Crippen LogP contribution in [0.2, 0.25) is 0 Å². The van der Waals surface area contributed by atoms with Crippen molar-refractivity contribution >= 4 is 11.9 Å². The van der Waals surface area contributed by atoms with Crippen LogP contribution < -0.4 is 10.2 Å². The van der Waals surface area contributed by atoms with Crippen molar-refractivity contribution < 1.29 is 50.3 Å². The minimum atomic E-state index is -1.17. The molecule has 1 rings (SSSR count). The maximum Gasteiger partial charge on any atom is 4.00 e. The molecule has 0 aromatic rings. The summed E-state index contributed by atoms with van der Waals surface area (Å²) in [6, 6.07) is 0.834. The summed E-state index contributed by atoms with van der Waals surface area (Å²) < 4.78 is 9.28. The van der Waals surface area contributed by atoms with Crippen LogP contribution >= 0.6 is 0 Å². The van der Waals surface area contributed by atoms with Gasteiger partial charge in [0.15, 0.2) is 0 Å². The molecule has 1 fully saturated rings. The summed E-state index contributed by atoms with van der Waals surface area (Å²) in [5, 5.41) is 23.9. The van der Waals surface area contributed by atoms with Crippen LogP contribution in [-0.2, 0) is 40.1 Å². The molecule has 0 spiro atoms. The number of nitrogens with zero attached hydrogens (tertiary/aromatic N) is 1. The van der Waals surface area contributed by atoms with Gasteiger partial charge in [-0.2, -0.15) is 12.1 Å². The van der Waals surface area contributed by atoms with Crippen LogP contribution in [0.25, 0.3) is 11.1 Å². The Labute approximate surface area is 184 Å². The van der Waals surface area contributed by atoms with Crippen LogP contribution in [0.1, 0.15) is 67.2 Å². The first-order valence-electron chi connectivity index (χ1n) is 9.49. The van der Waals surface area contributed by atoms with E-state index >= 15 is 0 Å². The predicted octanol–water partition coefficient (Wildman–Crippen LogP) is 1.45. The molecule has 28 heavy (non-hydrogen) atoms. The SMILES string of the molecule is CC(C)OCC(=O)[O-].CC(C)OCC(=O)[O-].CC(C)[N-][C@@H]1CCCC[C@H]1[NH-].[Pt+4]. The number of carbonyl (C=O) groups excluding carboxylic acids is 2. The monoisotopic (exact) mass is 583 g/mol. The summed E-state index contributed by atoms with van der Waals surface area (Å²) in [5.41, 5.74) is 7.73. The van der Waals surface area contributed by atoms with E-state index in [4.69, 9.17) is 5.73 Å². The zero-order chi connectivity index (χ0) is 21.4. The number of hydrogen-bond acceptors (Lipinski definition) is 6. The third-order valence-electron chi connectivity index (χ3n) is 3.29. The van der Waals surface area contributed by atoms with Gasteiger partial charge in [-0.05, 0) is 27.7 Å². The van der Waals surface area contributed by atoms with Crippen molar-refractivity contribution in [2.24, 2.45) is 0 Å². The minimum Gasteiger partial charge on any atom is -0.676 e. The second kappa shape index (κ2) is 19.8. The van der Waals surface area contributed by atoms with E-state index in [-0.39, 0.29) is 52.5 Å². The fourth-order valence-corrected chi connectivity index (χ4v) is 2.14. The standard InChI is InChI=1S/C9H18N2.2C5H10O3.Pt/c1-7(2)11-9-6-4-3-5-8(9)10;2*1-4(2)8-3-5(6)7;/h7-10H,3-6H2,1-2H3;2*4H,3H2,1-2H3,(H,6,7);/q-2;;;+4/p-2/t8-,9-;;;/m1.../s1. The Kier molecular flexibility index (Phi) is 22.7. The molecule has 0 amide bonds. The summed E-state index contributed by atoms with van der Waals surface area (Å²) in [6.45, 7) is 10.6. The molecule has 1 N–H and O–H groups in total. The van der Waals surface area contributed by atoms with Crippen LogP contribution in [0, 0.1) is 0 Å². The van der Waals surface area contributed by atoms with Crippen LogP contribution in [0.5, 0.6) is 0 Å². The zero-order valence-corrected chi connectivity index (χ0v) is 20.1. The quantitative estimate of drug-likeness (QED) is 0.424. The number of hydrogen-bond donors (Lipinski definition) is 0. The van der Waals surface area contributed by atoms with E-state index in [1.165, 1.54) is 12.8 Å². The van der Waals surface area contributed by atoms with E-state index in [0.29, 0.717) is 12.1 Å². The molecule has 0 radical (unpaired) electrons. The van der Waals surface area contributed by atoms with Crippen LogP contribution in [0.3, 0.4) is 0 Å². The number of aliphatic carboxylic acids is 2. The van der Waals surface area contributed by atoms with E-state index in [1.807, 2.05) is 0 Å². The summed E-state index contributed by atoms with van der Waals surface area (Å²) in [4.78, 5) is 19.3. The van der Waals surface area contributed by atoms with Gasteiger partial charge in [0.05, 0.1) is 37.4 Å². The fourth-order valence-electron chi connectivity index (χ4n) is 2.14. The van der Waals surface area contributed by atoms with Gasteiger partial charge in [-0.25, -0.2) is 0 Å². The van der Waals surface area contributed by atoms with E-state index in [2.05, 4.69) is 28.6 Å².